The Bertz CT molecular complexity index is 389. The summed E-state index contributed by atoms with van der Waals surface area (Å²) in [7, 11) is -7.60. The average Bonchev–Trinajstić information content (AvgIpc) is 2.56. The van der Waals surface area contributed by atoms with Crippen molar-refractivity contribution in [2.75, 3.05) is 33.4 Å². The molecule has 20 heavy (non-hydrogen) atoms. The van der Waals surface area contributed by atoms with Crippen molar-refractivity contribution in [1.29, 1.82) is 0 Å². The summed E-state index contributed by atoms with van der Waals surface area (Å²) in [5.74, 6) is 0. The summed E-state index contributed by atoms with van der Waals surface area (Å²) in [4.78, 5) is 2.34. The Kier molecular flexibility index (Phi) is 11.4. The minimum Gasteiger partial charge on any atom is -0.383 e. The van der Waals surface area contributed by atoms with E-state index in [4.69, 9.17) is 45.5 Å². The monoisotopic (exact) mass is 340 g/mol. The molecule has 1 atom stereocenters. The lowest BCUT2D eigenvalue weighted by molar-refractivity contribution is 0.160. The molecule has 0 aliphatic carbocycles. The average molecular weight is 340 g/mol. The van der Waals surface area contributed by atoms with Crippen LogP contribution in [-0.4, -0.2) is 79.3 Å². The largest absolute Gasteiger partial charge is 0.394 e. The van der Waals surface area contributed by atoms with Gasteiger partial charge in [0.05, 0.1) is 6.61 Å². The summed E-state index contributed by atoms with van der Waals surface area (Å²) in [6.07, 6.45) is 1.14. The van der Waals surface area contributed by atoms with Gasteiger partial charge in [-0.3, -0.25) is 23.1 Å². The fourth-order valence-corrected chi connectivity index (χ4v) is 1.29. The van der Waals surface area contributed by atoms with E-state index >= 15 is 0 Å². The van der Waals surface area contributed by atoms with Crippen LogP contribution in [-0.2, 0) is 25.5 Å². The lowest BCUT2D eigenvalue weighted by atomic mass is 10.3. The highest BCUT2D eigenvalue weighted by Crippen LogP contribution is 2.05. The van der Waals surface area contributed by atoms with E-state index in [0.717, 1.165) is 32.7 Å². The Labute approximate surface area is 117 Å². The maximum atomic E-state index is 8.74. The highest BCUT2D eigenvalue weighted by atomic mass is 32.3. The van der Waals surface area contributed by atoms with Crippen molar-refractivity contribution in [3.63, 3.8) is 0 Å². The van der Waals surface area contributed by atoms with Gasteiger partial charge in [-0.2, -0.15) is 16.8 Å². The van der Waals surface area contributed by atoms with E-state index in [1.807, 2.05) is 0 Å². The lowest BCUT2D eigenvalue weighted by Gasteiger charge is -2.13. The minimum atomic E-state index is -4.67. The van der Waals surface area contributed by atoms with E-state index in [1.165, 1.54) is 0 Å². The molecule has 1 unspecified atom stereocenters. The molecule has 124 valence electrons. The number of nitrogens with zero attached hydrogens (tertiary/aromatic N) is 1. The van der Waals surface area contributed by atoms with Crippen molar-refractivity contribution >= 4 is 20.8 Å². The van der Waals surface area contributed by atoms with Crippen LogP contribution in [0.1, 0.15) is 6.42 Å². The molecule has 0 amide bonds. The molecule has 0 radical (unpaired) electrons. The number of likely N-dealkylation sites (tertiary alicyclic amines) is 1. The zero-order chi connectivity index (χ0) is 16.4. The van der Waals surface area contributed by atoms with Crippen LogP contribution in [0.15, 0.2) is 0 Å². The molecule has 1 fully saturated rings. The summed E-state index contributed by atoms with van der Waals surface area (Å²) >= 11 is 0. The number of ether oxygens (including phenoxy) is 1. The first-order valence-electron chi connectivity index (χ1n) is 5.19. The van der Waals surface area contributed by atoms with Crippen LogP contribution in [0.3, 0.4) is 0 Å². The number of hydrogen-bond acceptors (Lipinski definition) is 7. The summed E-state index contributed by atoms with van der Waals surface area (Å²) in [6.45, 7) is 4.05. The maximum Gasteiger partial charge on any atom is 0.394 e. The van der Waals surface area contributed by atoms with E-state index in [0.29, 0.717) is 6.04 Å². The van der Waals surface area contributed by atoms with Crippen LogP contribution < -0.4 is 5.73 Å². The summed E-state index contributed by atoms with van der Waals surface area (Å²) in [5, 5.41) is 0. The fraction of sp³-hybridized carbons (Fsp3) is 1.00. The molecule has 1 aliphatic heterocycles. The van der Waals surface area contributed by atoms with Gasteiger partial charge < -0.3 is 10.5 Å². The topological polar surface area (TPSA) is 188 Å². The summed E-state index contributed by atoms with van der Waals surface area (Å²) in [5.41, 5.74) is 5.71. The van der Waals surface area contributed by atoms with Crippen molar-refractivity contribution in [3.8, 4) is 0 Å². The van der Waals surface area contributed by atoms with Crippen molar-refractivity contribution in [3.05, 3.63) is 0 Å². The Hall–Kier alpha value is -0.380. The zero-order valence-corrected chi connectivity index (χ0v) is 12.4. The normalized spacial score (nSPS) is 19.6. The van der Waals surface area contributed by atoms with Crippen LogP contribution in [0, 0.1) is 0 Å². The van der Waals surface area contributed by atoms with Gasteiger partial charge >= 0.3 is 20.8 Å². The Balaban J connectivity index is 0. The van der Waals surface area contributed by atoms with E-state index in [-0.39, 0.29) is 0 Å². The molecule has 1 aliphatic rings. The van der Waals surface area contributed by atoms with Gasteiger partial charge in [-0.15, -0.1) is 0 Å². The van der Waals surface area contributed by atoms with Crippen molar-refractivity contribution in [1.82, 2.24) is 4.90 Å². The maximum absolute atomic E-state index is 8.74. The first-order valence-corrected chi connectivity index (χ1v) is 7.99. The molecular weight excluding hydrogens is 320 g/mol. The number of methoxy groups -OCH3 is 1. The molecule has 0 saturated carbocycles. The SMILES string of the molecule is COCCN1CCC(N)C1.O=S(=O)(O)O.O=S(=O)(O)O. The highest BCUT2D eigenvalue weighted by molar-refractivity contribution is 7.80. The van der Waals surface area contributed by atoms with Crippen LogP contribution in [0.5, 0.6) is 0 Å². The molecule has 0 bridgehead atoms. The summed E-state index contributed by atoms with van der Waals surface area (Å²) in [6, 6.07) is 0.400. The third-order valence-corrected chi connectivity index (χ3v) is 1.92. The van der Waals surface area contributed by atoms with Gasteiger partial charge in [-0.1, -0.05) is 0 Å². The number of rotatable bonds is 3. The molecule has 1 rings (SSSR count). The standard InChI is InChI=1S/C7H16N2O.2H2O4S/c1-10-5-4-9-3-2-7(8)6-9;2*1-5(2,3)4/h7H,2-6,8H2,1H3;2*(H2,1,2,3,4). The molecule has 0 aromatic heterocycles. The predicted octanol–water partition coefficient (Wildman–Crippen LogP) is -1.64. The van der Waals surface area contributed by atoms with E-state index < -0.39 is 20.8 Å². The van der Waals surface area contributed by atoms with Gasteiger partial charge in [0.2, 0.25) is 0 Å². The Morgan fingerprint density at radius 3 is 1.80 bits per heavy atom. The van der Waals surface area contributed by atoms with Gasteiger partial charge in [0.1, 0.15) is 0 Å². The second kappa shape index (κ2) is 10.4. The molecule has 1 heterocycles. The van der Waals surface area contributed by atoms with E-state index in [9.17, 15) is 0 Å². The molecule has 0 spiro atoms. The second-order valence-electron chi connectivity index (χ2n) is 3.74. The predicted molar refractivity (Wildman–Crippen MR) is 69.3 cm³/mol. The second-order valence-corrected chi connectivity index (χ2v) is 5.53. The van der Waals surface area contributed by atoms with Crippen LogP contribution in [0.4, 0.5) is 0 Å². The Morgan fingerprint density at radius 1 is 1.15 bits per heavy atom. The Morgan fingerprint density at radius 2 is 1.55 bits per heavy atom. The fourth-order valence-electron chi connectivity index (χ4n) is 1.29. The molecule has 1 saturated heterocycles. The van der Waals surface area contributed by atoms with E-state index in [1.54, 1.807) is 7.11 Å². The zero-order valence-electron chi connectivity index (χ0n) is 10.8. The lowest BCUT2D eigenvalue weighted by Crippen LogP contribution is -2.28. The van der Waals surface area contributed by atoms with Crippen LogP contribution >= 0.6 is 0 Å². The molecule has 13 heteroatoms. The summed E-state index contributed by atoms with van der Waals surface area (Å²) < 4.78 is 68.1. The van der Waals surface area contributed by atoms with Gasteiger partial charge in [0.25, 0.3) is 0 Å². The molecule has 0 aromatic rings. The van der Waals surface area contributed by atoms with Crippen molar-refractivity contribution in [2.24, 2.45) is 5.73 Å². The third-order valence-electron chi connectivity index (χ3n) is 1.92. The third kappa shape index (κ3) is 30.6. The van der Waals surface area contributed by atoms with Gasteiger partial charge in [0.15, 0.2) is 0 Å². The first kappa shape index (κ1) is 21.9. The molecular formula is C7H20N2O9S2. The highest BCUT2D eigenvalue weighted by Gasteiger charge is 2.17. The van der Waals surface area contributed by atoms with Gasteiger partial charge in [-0.05, 0) is 13.0 Å². The number of hydrogen-bond donors (Lipinski definition) is 5. The molecule has 6 N–H and O–H groups in total. The van der Waals surface area contributed by atoms with Crippen LogP contribution in [0.25, 0.3) is 0 Å². The quantitative estimate of drug-likeness (QED) is 0.370. The van der Waals surface area contributed by atoms with Crippen molar-refractivity contribution < 1.29 is 39.8 Å². The van der Waals surface area contributed by atoms with Crippen LogP contribution in [0.2, 0.25) is 0 Å². The van der Waals surface area contributed by atoms with Gasteiger partial charge in [0, 0.05) is 26.2 Å². The number of nitrogens with two attached hydrogens (primary N) is 1. The minimum absolute atomic E-state index is 0.400. The molecule has 0 aromatic carbocycles. The van der Waals surface area contributed by atoms with Gasteiger partial charge in [-0.25, -0.2) is 0 Å². The first-order chi connectivity index (χ1) is 8.83. The molecule has 11 nitrogen and oxygen atoms in total. The van der Waals surface area contributed by atoms with E-state index in [2.05, 4.69) is 4.90 Å². The van der Waals surface area contributed by atoms with Crippen molar-refractivity contribution in [2.45, 2.75) is 12.5 Å². The smallest absolute Gasteiger partial charge is 0.383 e.